The summed E-state index contributed by atoms with van der Waals surface area (Å²) in [7, 11) is 0. The molecule has 0 aromatic carbocycles. The molecule has 0 aliphatic heterocycles. The van der Waals surface area contributed by atoms with Gasteiger partial charge in [-0.1, -0.05) is 103 Å². The monoisotopic (exact) mass is 345 g/mol. The lowest BCUT2D eigenvalue weighted by Crippen LogP contribution is -2.00. The molecule has 0 aliphatic carbocycles. The van der Waals surface area contributed by atoms with Gasteiger partial charge in [-0.05, 0) is 18.6 Å². The highest BCUT2D eigenvalue weighted by molar-refractivity contribution is 7.80. The SMILES string of the molecule is NOCCCCCCCCCCCCCCCCCCCCS. The molecule has 0 atom stereocenters. The van der Waals surface area contributed by atoms with Gasteiger partial charge >= 0.3 is 0 Å². The zero-order valence-corrected chi connectivity index (χ0v) is 16.5. The van der Waals surface area contributed by atoms with Crippen molar-refractivity contribution < 1.29 is 4.84 Å². The largest absolute Gasteiger partial charge is 0.305 e. The second-order valence-electron chi connectivity index (χ2n) is 6.96. The van der Waals surface area contributed by atoms with Crippen molar-refractivity contribution in [1.82, 2.24) is 0 Å². The van der Waals surface area contributed by atoms with Gasteiger partial charge in [-0.3, -0.25) is 0 Å². The van der Waals surface area contributed by atoms with Crippen molar-refractivity contribution in [3.63, 3.8) is 0 Å². The van der Waals surface area contributed by atoms with Crippen LogP contribution in [0.2, 0.25) is 0 Å². The summed E-state index contributed by atoms with van der Waals surface area (Å²) < 4.78 is 0. The van der Waals surface area contributed by atoms with Crippen LogP contribution in [-0.2, 0) is 4.84 Å². The Kier molecular flexibility index (Phi) is 22.5. The summed E-state index contributed by atoms with van der Waals surface area (Å²) in [6, 6.07) is 0. The van der Waals surface area contributed by atoms with Crippen molar-refractivity contribution in [2.24, 2.45) is 5.90 Å². The van der Waals surface area contributed by atoms with Crippen molar-refractivity contribution in [3.05, 3.63) is 0 Å². The number of hydrogen-bond donors (Lipinski definition) is 2. The molecule has 140 valence electrons. The van der Waals surface area contributed by atoms with Gasteiger partial charge in [0.1, 0.15) is 0 Å². The van der Waals surface area contributed by atoms with Crippen molar-refractivity contribution in [2.75, 3.05) is 12.4 Å². The Bertz CT molecular complexity index is 182. The molecule has 0 unspecified atom stereocenters. The number of unbranched alkanes of at least 4 members (excludes halogenated alkanes) is 17. The average molecular weight is 346 g/mol. The third-order valence-electron chi connectivity index (χ3n) is 4.67. The maximum absolute atomic E-state index is 5.00. The van der Waals surface area contributed by atoms with Gasteiger partial charge in [0, 0.05) is 0 Å². The van der Waals surface area contributed by atoms with Gasteiger partial charge in [0.05, 0.1) is 6.61 Å². The van der Waals surface area contributed by atoms with Crippen LogP contribution < -0.4 is 5.90 Å². The van der Waals surface area contributed by atoms with Crippen molar-refractivity contribution in [1.29, 1.82) is 0 Å². The number of hydrogen-bond acceptors (Lipinski definition) is 3. The molecule has 0 spiro atoms. The third kappa shape index (κ3) is 22.3. The Morgan fingerprint density at radius 2 is 0.696 bits per heavy atom. The van der Waals surface area contributed by atoms with E-state index in [2.05, 4.69) is 17.5 Å². The Hall–Kier alpha value is 0.270. The van der Waals surface area contributed by atoms with Crippen LogP contribution >= 0.6 is 12.6 Å². The maximum Gasteiger partial charge on any atom is 0.0679 e. The first-order chi connectivity index (χ1) is 11.4. The van der Waals surface area contributed by atoms with E-state index < -0.39 is 0 Å². The molecule has 0 aromatic heterocycles. The molecule has 0 fully saturated rings. The molecule has 2 nitrogen and oxygen atoms in total. The first-order valence-corrected chi connectivity index (χ1v) is 11.0. The van der Waals surface area contributed by atoms with Gasteiger partial charge in [-0.15, -0.1) is 0 Å². The summed E-state index contributed by atoms with van der Waals surface area (Å²) in [6.07, 6.45) is 25.1. The van der Waals surface area contributed by atoms with Crippen molar-refractivity contribution in [3.8, 4) is 0 Å². The van der Waals surface area contributed by atoms with E-state index in [9.17, 15) is 0 Å². The molecule has 0 saturated carbocycles. The standard InChI is InChI=1S/C20H43NOS/c21-22-19-17-15-13-11-9-7-5-3-1-2-4-6-8-10-12-14-16-18-20-23/h23H,1-21H2. The van der Waals surface area contributed by atoms with E-state index in [1.165, 1.54) is 109 Å². The summed E-state index contributed by atoms with van der Waals surface area (Å²) in [5.41, 5.74) is 0. The fraction of sp³-hybridized carbons (Fsp3) is 1.00. The van der Waals surface area contributed by atoms with Crippen LogP contribution in [0.25, 0.3) is 0 Å². The second kappa shape index (κ2) is 22.3. The van der Waals surface area contributed by atoms with Gasteiger partial charge in [-0.2, -0.15) is 12.6 Å². The topological polar surface area (TPSA) is 35.2 Å². The van der Waals surface area contributed by atoms with Crippen LogP contribution in [0.5, 0.6) is 0 Å². The normalized spacial score (nSPS) is 11.2. The molecule has 2 N–H and O–H groups in total. The average Bonchev–Trinajstić information content (AvgIpc) is 2.57. The summed E-state index contributed by atoms with van der Waals surface area (Å²) in [4.78, 5) is 4.57. The van der Waals surface area contributed by atoms with E-state index in [0.717, 1.165) is 18.8 Å². The van der Waals surface area contributed by atoms with E-state index in [-0.39, 0.29) is 0 Å². The molecule has 0 saturated heterocycles. The molecule has 3 heteroatoms. The lowest BCUT2D eigenvalue weighted by atomic mass is 10.0. The minimum absolute atomic E-state index is 0.718. The summed E-state index contributed by atoms with van der Waals surface area (Å²) in [5.74, 6) is 6.06. The fourth-order valence-corrected chi connectivity index (χ4v) is 3.35. The maximum atomic E-state index is 5.00. The molecule has 0 aromatic rings. The quantitative estimate of drug-likeness (QED) is 0.144. The molecule has 23 heavy (non-hydrogen) atoms. The van der Waals surface area contributed by atoms with Crippen molar-refractivity contribution >= 4 is 12.6 Å². The van der Waals surface area contributed by atoms with Gasteiger partial charge in [0.25, 0.3) is 0 Å². The zero-order valence-electron chi connectivity index (χ0n) is 15.6. The van der Waals surface area contributed by atoms with Crippen LogP contribution in [0.4, 0.5) is 0 Å². The highest BCUT2D eigenvalue weighted by Crippen LogP contribution is 2.14. The van der Waals surface area contributed by atoms with E-state index in [1.54, 1.807) is 0 Å². The number of rotatable bonds is 20. The van der Waals surface area contributed by atoms with Gasteiger partial charge in [0.15, 0.2) is 0 Å². The van der Waals surface area contributed by atoms with E-state index in [0.29, 0.717) is 0 Å². The van der Waals surface area contributed by atoms with E-state index in [1.807, 2.05) is 0 Å². The first kappa shape index (κ1) is 23.3. The van der Waals surface area contributed by atoms with E-state index >= 15 is 0 Å². The highest BCUT2D eigenvalue weighted by atomic mass is 32.1. The predicted molar refractivity (Wildman–Crippen MR) is 107 cm³/mol. The fourth-order valence-electron chi connectivity index (χ4n) is 3.13. The van der Waals surface area contributed by atoms with E-state index in [4.69, 9.17) is 5.90 Å². The number of nitrogens with two attached hydrogens (primary N) is 1. The molecule has 0 rings (SSSR count). The Morgan fingerprint density at radius 1 is 0.435 bits per heavy atom. The van der Waals surface area contributed by atoms with Crippen LogP contribution in [0.1, 0.15) is 116 Å². The number of thiol groups is 1. The predicted octanol–water partition coefficient (Wildman–Crippen LogP) is 6.83. The zero-order chi connectivity index (χ0) is 16.8. The van der Waals surface area contributed by atoms with Crippen LogP contribution in [0.15, 0.2) is 0 Å². The molecule has 0 heterocycles. The summed E-state index contributed by atoms with van der Waals surface area (Å²) in [5, 5.41) is 0. The van der Waals surface area contributed by atoms with Gasteiger partial charge in [0.2, 0.25) is 0 Å². The van der Waals surface area contributed by atoms with Crippen LogP contribution in [0, 0.1) is 0 Å². The van der Waals surface area contributed by atoms with Gasteiger partial charge in [-0.25, -0.2) is 5.90 Å². The highest BCUT2D eigenvalue weighted by Gasteiger charge is 1.95. The smallest absolute Gasteiger partial charge is 0.0679 e. The Balaban J connectivity index is 2.92. The van der Waals surface area contributed by atoms with Crippen molar-refractivity contribution in [2.45, 2.75) is 116 Å². The third-order valence-corrected chi connectivity index (χ3v) is 4.99. The molecule has 0 amide bonds. The first-order valence-electron chi connectivity index (χ1n) is 10.3. The van der Waals surface area contributed by atoms with Crippen LogP contribution in [-0.4, -0.2) is 12.4 Å². The molecule has 0 radical (unpaired) electrons. The Morgan fingerprint density at radius 3 is 0.957 bits per heavy atom. The minimum atomic E-state index is 0.718. The van der Waals surface area contributed by atoms with Gasteiger partial charge < -0.3 is 4.84 Å². The molecule has 0 bridgehead atoms. The molecule has 0 aliphatic rings. The lowest BCUT2D eigenvalue weighted by Gasteiger charge is -2.04. The minimum Gasteiger partial charge on any atom is -0.305 e. The van der Waals surface area contributed by atoms with Crippen LogP contribution in [0.3, 0.4) is 0 Å². The summed E-state index contributed by atoms with van der Waals surface area (Å²) >= 11 is 4.25. The molecular weight excluding hydrogens is 302 g/mol. The summed E-state index contributed by atoms with van der Waals surface area (Å²) in [6.45, 7) is 0.718. The molecular formula is C20H43NOS. The second-order valence-corrected chi connectivity index (χ2v) is 7.41. The Labute approximate surface area is 151 Å². The lowest BCUT2D eigenvalue weighted by molar-refractivity contribution is 0.133.